The average Bonchev–Trinajstić information content (AvgIpc) is 2.73. The van der Waals surface area contributed by atoms with Crippen molar-refractivity contribution in [3.8, 4) is 11.4 Å². The fraction of sp³-hybridized carbons (Fsp3) is 0.267. The third-order valence-electron chi connectivity index (χ3n) is 3.23. The van der Waals surface area contributed by atoms with E-state index in [2.05, 4.69) is 0 Å². The van der Waals surface area contributed by atoms with E-state index in [0.717, 1.165) is 17.1 Å². The van der Waals surface area contributed by atoms with Crippen molar-refractivity contribution in [2.75, 3.05) is 13.0 Å². The van der Waals surface area contributed by atoms with Crippen LogP contribution in [-0.2, 0) is 0 Å². The Kier molecular flexibility index (Phi) is 4.41. The SMILES string of the molecule is COc1ccc(Cl)cc1-n1c(C)cc(C(=O)CCl)c1C. The average molecular weight is 312 g/mol. The van der Waals surface area contributed by atoms with Gasteiger partial charge in [-0.2, -0.15) is 0 Å². The molecule has 0 spiro atoms. The molecule has 0 amide bonds. The molecule has 0 atom stereocenters. The number of carbonyl (C=O) groups is 1. The van der Waals surface area contributed by atoms with Gasteiger partial charge in [0, 0.05) is 22.0 Å². The maximum Gasteiger partial charge on any atom is 0.179 e. The van der Waals surface area contributed by atoms with Crippen molar-refractivity contribution in [2.24, 2.45) is 0 Å². The van der Waals surface area contributed by atoms with E-state index < -0.39 is 0 Å². The topological polar surface area (TPSA) is 31.2 Å². The summed E-state index contributed by atoms with van der Waals surface area (Å²) in [5, 5.41) is 0.610. The number of rotatable bonds is 4. The van der Waals surface area contributed by atoms with Gasteiger partial charge in [0.25, 0.3) is 0 Å². The molecule has 5 heteroatoms. The van der Waals surface area contributed by atoms with Gasteiger partial charge >= 0.3 is 0 Å². The monoisotopic (exact) mass is 311 g/mol. The van der Waals surface area contributed by atoms with E-state index in [4.69, 9.17) is 27.9 Å². The van der Waals surface area contributed by atoms with Crippen molar-refractivity contribution >= 4 is 29.0 Å². The zero-order valence-corrected chi connectivity index (χ0v) is 13.0. The van der Waals surface area contributed by atoms with Crippen molar-refractivity contribution in [2.45, 2.75) is 13.8 Å². The number of aryl methyl sites for hydroxylation is 1. The first-order valence-corrected chi connectivity index (χ1v) is 7.02. The Labute approximate surface area is 128 Å². The Balaban J connectivity index is 2.67. The van der Waals surface area contributed by atoms with Crippen molar-refractivity contribution in [1.29, 1.82) is 0 Å². The second-order valence-corrected chi connectivity index (χ2v) is 5.20. The number of ketones is 1. The highest BCUT2D eigenvalue weighted by atomic mass is 35.5. The quantitative estimate of drug-likeness (QED) is 0.626. The van der Waals surface area contributed by atoms with Crippen molar-refractivity contribution < 1.29 is 9.53 Å². The molecule has 20 heavy (non-hydrogen) atoms. The standard InChI is InChI=1S/C15H15Cl2NO2/c1-9-6-12(14(19)8-16)10(2)18(9)13-7-11(17)4-5-15(13)20-3/h4-7H,8H2,1-3H3. The van der Waals surface area contributed by atoms with Gasteiger partial charge in [0.1, 0.15) is 5.75 Å². The summed E-state index contributed by atoms with van der Waals surface area (Å²) in [6.07, 6.45) is 0. The van der Waals surface area contributed by atoms with E-state index in [1.165, 1.54) is 0 Å². The van der Waals surface area contributed by atoms with E-state index in [0.29, 0.717) is 16.3 Å². The number of benzene rings is 1. The molecule has 0 aliphatic rings. The van der Waals surface area contributed by atoms with Crippen LogP contribution in [0.15, 0.2) is 24.3 Å². The van der Waals surface area contributed by atoms with Gasteiger partial charge in [-0.1, -0.05) is 11.6 Å². The van der Waals surface area contributed by atoms with Crippen LogP contribution in [0.3, 0.4) is 0 Å². The number of alkyl halides is 1. The molecule has 3 nitrogen and oxygen atoms in total. The molecule has 106 valence electrons. The van der Waals surface area contributed by atoms with Crippen LogP contribution < -0.4 is 4.74 Å². The number of methoxy groups -OCH3 is 1. The lowest BCUT2D eigenvalue weighted by Gasteiger charge is -2.14. The number of carbonyl (C=O) groups excluding carboxylic acids is 1. The summed E-state index contributed by atoms with van der Waals surface area (Å²) < 4.78 is 7.32. The van der Waals surface area contributed by atoms with E-state index >= 15 is 0 Å². The third-order valence-corrected chi connectivity index (χ3v) is 3.71. The predicted molar refractivity (Wildman–Crippen MR) is 81.9 cm³/mol. The molecule has 2 rings (SSSR count). The largest absolute Gasteiger partial charge is 0.495 e. The fourth-order valence-corrected chi connectivity index (χ4v) is 2.64. The summed E-state index contributed by atoms with van der Waals surface area (Å²) in [7, 11) is 1.60. The molecule has 0 unspecified atom stereocenters. The highest BCUT2D eigenvalue weighted by Crippen LogP contribution is 2.30. The zero-order chi connectivity index (χ0) is 14.9. The van der Waals surface area contributed by atoms with Gasteiger partial charge in [-0.15, -0.1) is 11.6 Å². The number of hydrogen-bond acceptors (Lipinski definition) is 2. The first kappa shape index (κ1) is 14.9. The molecule has 0 aliphatic heterocycles. The Bertz CT molecular complexity index is 662. The summed E-state index contributed by atoms with van der Waals surface area (Å²) >= 11 is 11.7. The second-order valence-electron chi connectivity index (χ2n) is 4.49. The van der Waals surface area contributed by atoms with Crippen LogP contribution in [0.25, 0.3) is 5.69 Å². The second kappa shape index (κ2) is 5.90. The Morgan fingerprint density at radius 3 is 2.60 bits per heavy atom. The van der Waals surface area contributed by atoms with Gasteiger partial charge in [-0.25, -0.2) is 0 Å². The molecule has 1 aromatic heterocycles. The van der Waals surface area contributed by atoms with E-state index in [1.807, 2.05) is 30.5 Å². The molecule has 0 fully saturated rings. The number of ether oxygens (including phenoxy) is 1. The maximum atomic E-state index is 11.8. The van der Waals surface area contributed by atoms with E-state index in [-0.39, 0.29) is 11.7 Å². The van der Waals surface area contributed by atoms with Crippen LogP contribution in [-0.4, -0.2) is 23.3 Å². The highest BCUT2D eigenvalue weighted by Gasteiger charge is 2.18. The number of Topliss-reactive ketones (excluding diaryl/α,β-unsaturated/α-hetero) is 1. The Morgan fingerprint density at radius 1 is 1.30 bits per heavy atom. The van der Waals surface area contributed by atoms with E-state index in [1.54, 1.807) is 19.2 Å². The molecule has 1 heterocycles. The Morgan fingerprint density at radius 2 is 2.00 bits per heavy atom. The molecule has 2 aromatic rings. The smallest absolute Gasteiger partial charge is 0.179 e. The minimum atomic E-state index is -0.0907. The van der Waals surface area contributed by atoms with E-state index in [9.17, 15) is 4.79 Å². The Hall–Kier alpha value is -1.45. The minimum Gasteiger partial charge on any atom is -0.495 e. The van der Waals surface area contributed by atoms with Crippen LogP contribution in [0.5, 0.6) is 5.75 Å². The molecular formula is C15H15Cl2NO2. The fourth-order valence-electron chi connectivity index (χ4n) is 2.33. The molecule has 0 saturated heterocycles. The number of hydrogen-bond donors (Lipinski definition) is 0. The zero-order valence-electron chi connectivity index (χ0n) is 11.5. The first-order valence-electron chi connectivity index (χ1n) is 6.11. The van der Waals surface area contributed by atoms with Gasteiger partial charge in [-0.3, -0.25) is 4.79 Å². The molecule has 0 saturated carbocycles. The summed E-state index contributed by atoms with van der Waals surface area (Å²) in [6.45, 7) is 3.81. The number of aromatic nitrogens is 1. The van der Waals surface area contributed by atoms with Gasteiger partial charge in [-0.05, 0) is 38.1 Å². The van der Waals surface area contributed by atoms with Crippen molar-refractivity contribution in [3.05, 3.63) is 46.2 Å². The summed E-state index contributed by atoms with van der Waals surface area (Å²) in [4.78, 5) is 11.8. The molecule has 1 aromatic carbocycles. The molecule has 0 radical (unpaired) electrons. The summed E-state index contributed by atoms with van der Waals surface area (Å²) in [6, 6.07) is 7.22. The lowest BCUT2D eigenvalue weighted by atomic mass is 10.2. The lowest BCUT2D eigenvalue weighted by molar-refractivity contribution is 0.102. The van der Waals surface area contributed by atoms with Gasteiger partial charge in [0.2, 0.25) is 0 Å². The molecule has 0 bridgehead atoms. The van der Waals surface area contributed by atoms with Crippen molar-refractivity contribution in [1.82, 2.24) is 4.57 Å². The van der Waals surface area contributed by atoms with Crippen LogP contribution in [0.2, 0.25) is 5.02 Å². The number of nitrogens with zero attached hydrogens (tertiary/aromatic N) is 1. The normalized spacial score (nSPS) is 10.7. The van der Waals surface area contributed by atoms with Crippen LogP contribution >= 0.6 is 23.2 Å². The molecular weight excluding hydrogens is 297 g/mol. The highest BCUT2D eigenvalue weighted by molar-refractivity contribution is 6.31. The minimum absolute atomic E-state index is 0.0308. The maximum absolute atomic E-state index is 11.8. The lowest BCUT2D eigenvalue weighted by Crippen LogP contribution is -2.05. The summed E-state index contributed by atoms with van der Waals surface area (Å²) in [5.74, 6) is 0.574. The van der Waals surface area contributed by atoms with Gasteiger partial charge < -0.3 is 9.30 Å². The molecule has 0 aliphatic carbocycles. The molecule has 0 N–H and O–H groups in total. The summed E-state index contributed by atoms with van der Waals surface area (Å²) in [5.41, 5.74) is 3.19. The predicted octanol–water partition coefficient (Wildman–Crippen LogP) is 4.18. The van der Waals surface area contributed by atoms with Crippen molar-refractivity contribution in [3.63, 3.8) is 0 Å². The van der Waals surface area contributed by atoms with Crippen LogP contribution in [0, 0.1) is 13.8 Å². The van der Waals surface area contributed by atoms with Crippen LogP contribution in [0.4, 0.5) is 0 Å². The first-order chi connectivity index (χ1) is 9.49. The van der Waals surface area contributed by atoms with Gasteiger partial charge in [0.05, 0.1) is 18.7 Å². The third kappa shape index (κ3) is 2.56. The van der Waals surface area contributed by atoms with Gasteiger partial charge in [0.15, 0.2) is 5.78 Å². The number of halogens is 2. The van der Waals surface area contributed by atoms with Crippen LogP contribution in [0.1, 0.15) is 21.7 Å².